The van der Waals surface area contributed by atoms with Crippen LogP contribution in [-0.4, -0.2) is 0 Å². The molecule has 1 unspecified atom stereocenters. The van der Waals surface area contributed by atoms with E-state index in [0.717, 1.165) is 0 Å². The van der Waals surface area contributed by atoms with Gasteiger partial charge < -0.3 is 24.8 Å². The van der Waals surface area contributed by atoms with Crippen LogP contribution in [0.15, 0.2) is 42.8 Å². The van der Waals surface area contributed by atoms with E-state index in [4.69, 9.17) is 0 Å². The molecule has 2 aliphatic rings. The number of hydrogen-bond donors (Lipinski definition) is 0. The van der Waals surface area contributed by atoms with E-state index in [1.54, 1.807) is 33.4 Å². The Morgan fingerprint density at radius 2 is 1.38 bits per heavy atom. The average molecular weight is 447 g/mol. The maximum Gasteiger partial charge on any atom is -1.00 e. The predicted octanol–water partition coefficient (Wildman–Crippen LogP) is 0.982. The molecular formula is C21H32Cl2Zr. The fourth-order valence-electron chi connectivity index (χ4n) is 4.12. The second kappa shape index (κ2) is 8.41. The molecule has 134 valence electrons. The summed E-state index contributed by atoms with van der Waals surface area (Å²) in [7, 11) is 0. The quantitative estimate of drug-likeness (QED) is 0.604. The molecule has 0 spiro atoms. The van der Waals surface area contributed by atoms with E-state index in [2.05, 4.69) is 68.4 Å². The minimum atomic E-state index is -0.732. The van der Waals surface area contributed by atoms with Gasteiger partial charge in [-0.3, -0.25) is 0 Å². The molecule has 1 atom stereocenters. The molecule has 2 rings (SSSR count). The molecule has 2 aliphatic carbocycles. The maximum atomic E-state index is 2.55. The van der Waals surface area contributed by atoms with Gasteiger partial charge in [-0.2, -0.15) is 0 Å². The molecule has 0 heterocycles. The maximum absolute atomic E-state index is 2.55. The first-order valence-electron chi connectivity index (χ1n) is 8.70. The van der Waals surface area contributed by atoms with Crippen molar-refractivity contribution < 1.29 is 48.0 Å². The molecule has 0 aliphatic heterocycles. The van der Waals surface area contributed by atoms with E-state index in [1.165, 1.54) is 12.8 Å². The number of rotatable bonds is 4. The molecule has 0 nitrogen and oxygen atoms in total. The average Bonchev–Trinajstić information content (AvgIpc) is 2.80. The van der Waals surface area contributed by atoms with Gasteiger partial charge >= 0.3 is 150 Å². The van der Waals surface area contributed by atoms with Crippen LogP contribution in [0, 0.1) is 5.41 Å². The summed E-state index contributed by atoms with van der Waals surface area (Å²) in [6, 6.07) is 0. The Kier molecular flexibility index (Phi) is 8.56. The van der Waals surface area contributed by atoms with Gasteiger partial charge in [-0.25, -0.2) is 0 Å². The van der Waals surface area contributed by atoms with Crippen LogP contribution >= 0.6 is 0 Å². The van der Waals surface area contributed by atoms with Crippen LogP contribution in [-0.2, 0) is 23.2 Å². The summed E-state index contributed by atoms with van der Waals surface area (Å²) in [6.45, 7) is 21.5. The van der Waals surface area contributed by atoms with E-state index in [1.807, 2.05) is 3.28 Å². The fraction of sp³-hybridized carbons (Fsp3) is 0.619. The van der Waals surface area contributed by atoms with Crippen LogP contribution in [0.2, 0.25) is 3.12 Å². The fourth-order valence-corrected chi connectivity index (χ4v) is 9.36. The van der Waals surface area contributed by atoms with Gasteiger partial charge in [0.05, 0.1) is 0 Å². The zero-order chi connectivity index (χ0) is 16.9. The molecule has 0 aromatic carbocycles. The molecule has 0 bridgehead atoms. The zero-order valence-electron chi connectivity index (χ0n) is 16.7. The Balaban J connectivity index is 0.00000264. The SMILES string of the molecule is CCC1=CC(CC)=C(C)[C]1(C)[Zr+2][C]1=C(C)C(C)=C(C)C1(C)C.[Cl-].[Cl-]. The summed E-state index contributed by atoms with van der Waals surface area (Å²) >= 11 is -0.732. The summed E-state index contributed by atoms with van der Waals surface area (Å²) in [6.07, 6.45) is 4.92. The first kappa shape index (κ1) is 24.4. The monoisotopic (exact) mass is 444 g/mol. The Morgan fingerprint density at radius 1 is 0.833 bits per heavy atom. The van der Waals surface area contributed by atoms with Crippen LogP contribution in [0.1, 0.15) is 75.2 Å². The van der Waals surface area contributed by atoms with Crippen LogP contribution in [0.3, 0.4) is 0 Å². The van der Waals surface area contributed by atoms with Crippen LogP contribution in [0.4, 0.5) is 0 Å². The van der Waals surface area contributed by atoms with Crippen molar-refractivity contribution >= 4 is 0 Å². The standard InChI is InChI=1S/C11H17.C10H15.2ClH.Zr/c1-5-10-7-11(6-2)9(4)8(10)3;1-7-6-10(4,5)9(3)8(7)2;;;/h7H,5-6H2,1-4H3;1-5H3;2*1H;/q;;;;+2/p-2. The summed E-state index contributed by atoms with van der Waals surface area (Å²) in [5.41, 5.74) is 10.0. The van der Waals surface area contributed by atoms with Gasteiger partial charge in [0.25, 0.3) is 0 Å². The van der Waals surface area contributed by atoms with Gasteiger partial charge in [0.2, 0.25) is 0 Å². The second-order valence-corrected chi connectivity index (χ2v) is 12.0. The predicted molar refractivity (Wildman–Crippen MR) is 94.6 cm³/mol. The van der Waals surface area contributed by atoms with Crippen molar-refractivity contribution in [2.24, 2.45) is 5.41 Å². The summed E-state index contributed by atoms with van der Waals surface area (Å²) in [5, 5.41) is 0. The van der Waals surface area contributed by atoms with E-state index in [0.29, 0.717) is 3.12 Å². The molecule has 0 fully saturated rings. The first-order chi connectivity index (χ1) is 10.1. The third kappa shape index (κ3) is 3.61. The molecule has 0 aromatic rings. The molecule has 0 N–H and O–H groups in total. The smallest absolute Gasteiger partial charge is 1.00 e. The van der Waals surface area contributed by atoms with Gasteiger partial charge in [-0.1, -0.05) is 0 Å². The van der Waals surface area contributed by atoms with Crippen LogP contribution < -0.4 is 24.8 Å². The summed E-state index contributed by atoms with van der Waals surface area (Å²) in [4.78, 5) is 0. The molecule has 0 aromatic heterocycles. The Bertz CT molecular complexity index is 632. The normalized spacial score (nSPS) is 25.5. The van der Waals surface area contributed by atoms with Crippen molar-refractivity contribution in [3.63, 3.8) is 0 Å². The molecule has 0 radical (unpaired) electrons. The summed E-state index contributed by atoms with van der Waals surface area (Å²) in [5.74, 6) is 0. The van der Waals surface area contributed by atoms with Crippen molar-refractivity contribution in [3.05, 3.63) is 42.8 Å². The van der Waals surface area contributed by atoms with Gasteiger partial charge in [-0.05, 0) is 0 Å². The van der Waals surface area contributed by atoms with Crippen molar-refractivity contribution in [1.29, 1.82) is 0 Å². The topological polar surface area (TPSA) is 0 Å². The Morgan fingerprint density at radius 3 is 1.75 bits per heavy atom. The van der Waals surface area contributed by atoms with E-state index >= 15 is 0 Å². The molecular weight excluding hydrogens is 414 g/mol. The number of halogens is 2. The van der Waals surface area contributed by atoms with E-state index < -0.39 is 23.2 Å². The number of hydrogen-bond acceptors (Lipinski definition) is 0. The van der Waals surface area contributed by atoms with Gasteiger partial charge in [0, 0.05) is 0 Å². The molecule has 0 saturated carbocycles. The van der Waals surface area contributed by atoms with Gasteiger partial charge in [-0.15, -0.1) is 0 Å². The van der Waals surface area contributed by atoms with Crippen molar-refractivity contribution in [2.45, 2.75) is 78.3 Å². The largest absolute Gasteiger partial charge is 1.00 e. The van der Waals surface area contributed by atoms with E-state index in [-0.39, 0.29) is 30.2 Å². The van der Waals surface area contributed by atoms with Crippen LogP contribution in [0.25, 0.3) is 0 Å². The second-order valence-electron chi connectivity index (χ2n) is 7.65. The van der Waals surface area contributed by atoms with E-state index in [9.17, 15) is 0 Å². The van der Waals surface area contributed by atoms with Crippen molar-refractivity contribution in [2.75, 3.05) is 0 Å². The zero-order valence-corrected chi connectivity index (χ0v) is 20.7. The Hall–Kier alpha value is 0.423. The minimum Gasteiger partial charge on any atom is -1.00 e. The third-order valence-electron chi connectivity index (χ3n) is 6.42. The first-order valence-corrected chi connectivity index (χ1v) is 11.2. The molecule has 0 amide bonds. The van der Waals surface area contributed by atoms with Gasteiger partial charge in [0.15, 0.2) is 0 Å². The minimum absolute atomic E-state index is 0. The molecule has 24 heavy (non-hydrogen) atoms. The summed E-state index contributed by atoms with van der Waals surface area (Å²) < 4.78 is 2.21. The van der Waals surface area contributed by atoms with Crippen molar-refractivity contribution in [3.8, 4) is 0 Å². The van der Waals surface area contributed by atoms with Gasteiger partial charge in [0.1, 0.15) is 0 Å². The molecule has 3 heteroatoms. The Labute approximate surface area is 173 Å². The third-order valence-corrected chi connectivity index (χ3v) is 12.4. The van der Waals surface area contributed by atoms with Crippen LogP contribution in [0.5, 0.6) is 0 Å². The van der Waals surface area contributed by atoms with Crippen molar-refractivity contribution in [1.82, 2.24) is 0 Å². The number of allylic oxidation sites excluding steroid dienone is 8. The molecule has 0 saturated heterocycles.